The molecule has 2 atom stereocenters. The van der Waals surface area contributed by atoms with E-state index in [-0.39, 0.29) is 0 Å². The van der Waals surface area contributed by atoms with Gasteiger partial charge in [-0.25, -0.2) is 0 Å². The highest BCUT2D eigenvalue weighted by molar-refractivity contribution is 7.99. The van der Waals surface area contributed by atoms with Crippen molar-refractivity contribution in [2.24, 2.45) is 11.8 Å². The Kier molecular flexibility index (Phi) is 6.39. The summed E-state index contributed by atoms with van der Waals surface area (Å²) in [4.78, 5) is 12.0. The van der Waals surface area contributed by atoms with Crippen LogP contribution in [-0.2, 0) is 4.79 Å². The smallest absolute Gasteiger partial charge is 0.137 e. The predicted molar refractivity (Wildman–Crippen MR) is 68.4 cm³/mol. The topological polar surface area (TPSA) is 17.1 Å². The van der Waals surface area contributed by atoms with E-state index in [4.69, 9.17) is 0 Å². The van der Waals surface area contributed by atoms with E-state index < -0.39 is 0 Å². The average Bonchev–Trinajstić information content (AvgIpc) is 2.77. The van der Waals surface area contributed by atoms with Crippen LogP contribution in [0, 0.1) is 11.8 Å². The van der Waals surface area contributed by atoms with E-state index in [0.29, 0.717) is 17.6 Å². The van der Waals surface area contributed by atoms with E-state index in [1.165, 1.54) is 31.4 Å². The molecule has 1 rings (SSSR count). The lowest BCUT2D eigenvalue weighted by Gasteiger charge is -2.15. The molecule has 2 heteroatoms. The zero-order valence-electron chi connectivity index (χ0n) is 10.1. The summed E-state index contributed by atoms with van der Waals surface area (Å²) in [7, 11) is 0. The molecule has 1 heterocycles. The standard InChI is InChI=1S/C13H24OS/c1-3-5-6-11(4-2)9-13(14)12-7-8-15-10-12/h11-12H,3-10H2,1-2H3. The van der Waals surface area contributed by atoms with E-state index in [0.717, 1.165) is 18.6 Å². The first-order chi connectivity index (χ1) is 7.27. The number of hydrogen-bond acceptors (Lipinski definition) is 2. The highest BCUT2D eigenvalue weighted by Crippen LogP contribution is 2.27. The van der Waals surface area contributed by atoms with E-state index in [1.807, 2.05) is 11.8 Å². The summed E-state index contributed by atoms with van der Waals surface area (Å²) < 4.78 is 0. The van der Waals surface area contributed by atoms with Crippen molar-refractivity contribution in [3.05, 3.63) is 0 Å². The molecule has 0 aromatic rings. The molecule has 1 aliphatic heterocycles. The van der Waals surface area contributed by atoms with Crippen LogP contribution in [0.1, 0.15) is 52.4 Å². The molecule has 1 aliphatic rings. The molecule has 0 amide bonds. The first-order valence-electron chi connectivity index (χ1n) is 6.38. The maximum atomic E-state index is 12.0. The fourth-order valence-corrected chi connectivity index (χ4v) is 3.44. The molecule has 0 saturated carbocycles. The van der Waals surface area contributed by atoms with Crippen LogP contribution in [0.3, 0.4) is 0 Å². The molecule has 0 aliphatic carbocycles. The number of ketones is 1. The maximum Gasteiger partial charge on any atom is 0.137 e. The molecule has 0 aromatic carbocycles. The van der Waals surface area contributed by atoms with Crippen LogP contribution in [-0.4, -0.2) is 17.3 Å². The lowest BCUT2D eigenvalue weighted by atomic mass is 9.89. The number of carbonyl (C=O) groups is 1. The Morgan fingerprint density at radius 2 is 2.27 bits per heavy atom. The number of carbonyl (C=O) groups excluding carboxylic acids is 1. The van der Waals surface area contributed by atoms with Crippen molar-refractivity contribution in [2.75, 3.05) is 11.5 Å². The molecule has 15 heavy (non-hydrogen) atoms. The van der Waals surface area contributed by atoms with Gasteiger partial charge in [-0.05, 0) is 18.1 Å². The Bertz CT molecular complexity index is 185. The minimum absolute atomic E-state index is 0.394. The van der Waals surface area contributed by atoms with Gasteiger partial charge in [0.25, 0.3) is 0 Å². The average molecular weight is 228 g/mol. The monoisotopic (exact) mass is 228 g/mol. The molecule has 0 bridgehead atoms. The van der Waals surface area contributed by atoms with Gasteiger partial charge < -0.3 is 0 Å². The van der Waals surface area contributed by atoms with Crippen molar-refractivity contribution in [3.8, 4) is 0 Å². The van der Waals surface area contributed by atoms with Gasteiger partial charge in [0.2, 0.25) is 0 Å². The van der Waals surface area contributed by atoms with Gasteiger partial charge in [0, 0.05) is 18.1 Å². The number of Topliss-reactive ketones (excluding diaryl/α,β-unsaturated/α-hetero) is 1. The van der Waals surface area contributed by atoms with Crippen molar-refractivity contribution in [2.45, 2.75) is 52.4 Å². The van der Waals surface area contributed by atoms with Crippen molar-refractivity contribution in [1.82, 2.24) is 0 Å². The second kappa shape index (κ2) is 7.32. The third kappa shape index (κ3) is 4.58. The Morgan fingerprint density at radius 3 is 2.80 bits per heavy atom. The van der Waals surface area contributed by atoms with Gasteiger partial charge >= 0.3 is 0 Å². The molecule has 0 aromatic heterocycles. The van der Waals surface area contributed by atoms with Crippen molar-refractivity contribution >= 4 is 17.5 Å². The molecule has 0 radical (unpaired) electrons. The van der Waals surface area contributed by atoms with Crippen LogP contribution in [0.25, 0.3) is 0 Å². The predicted octanol–water partition coefficient (Wildman–Crippen LogP) is 3.92. The fraction of sp³-hybridized carbons (Fsp3) is 0.923. The van der Waals surface area contributed by atoms with Crippen LogP contribution in [0.5, 0.6) is 0 Å². The third-order valence-corrected chi connectivity index (χ3v) is 4.58. The Balaban J connectivity index is 2.26. The quantitative estimate of drug-likeness (QED) is 0.657. The van der Waals surface area contributed by atoms with Gasteiger partial charge in [-0.15, -0.1) is 0 Å². The van der Waals surface area contributed by atoms with E-state index in [1.54, 1.807) is 0 Å². The van der Waals surface area contributed by atoms with Crippen molar-refractivity contribution in [3.63, 3.8) is 0 Å². The van der Waals surface area contributed by atoms with E-state index in [9.17, 15) is 4.79 Å². The maximum absolute atomic E-state index is 12.0. The summed E-state index contributed by atoms with van der Waals surface area (Å²) in [6.45, 7) is 4.44. The summed E-state index contributed by atoms with van der Waals surface area (Å²) in [5.41, 5.74) is 0. The molecule has 0 spiro atoms. The minimum atomic E-state index is 0.394. The van der Waals surface area contributed by atoms with Crippen LogP contribution in [0.4, 0.5) is 0 Å². The first kappa shape index (κ1) is 13.1. The van der Waals surface area contributed by atoms with E-state index >= 15 is 0 Å². The van der Waals surface area contributed by atoms with E-state index in [2.05, 4.69) is 13.8 Å². The molecule has 1 nitrogen and oxygen atoms in total. The highest BCUT2D eigenvalue weighted by atomic mass is 32.2. The third-order valence-electron chi connectivity index (χ3n) is 3.42. The zero-order chi connectivity index (χ0) is 11.1. The molecule has 0 N–H and O–H groups in total. The minimum Gasteiger partial charge on any atom is -0.299 e. The van der Waals surface area contributed by atoms with Gasteiger partial charge in [0.1, 0.15) is 5.78 Å². The summed E-state index contributed by atoms with van der Waals surface area (Å²) >= 11 is 1.94. The fourth-order valence-electron chi connectivity index (χ4n) is 2.18. The second-order valence-corrected chi connectivity index (χ2v) is 5.80. The summed E-state index contributed by atoms with van der Waals surface area (Å²) in [5.74, 6) is 3.88. The van der Waals surface area contributed by atoms with Gasteiger partial charge in [-0.3, -0.25) is 4.79 Å². The summed E-state index contributed by atoms with van der Waals surface area (Å²) in [6.07, 6.45) is 6.94. The molecular weight excluding hydrogens is 204 g/mol. The molecule has 1 saturated heterocycles. The van der Waals surface area contributed by atoms with Crippen molar-refractivity contribution in [1.29, 1.82) is 0 Å². The molecular formula is C13H24OS. The summed E-state index contributed by atoms with van der Waals surface area (Å²) in [6, 6.07) is 0. The highest BCUT2D eigenvalue weighted by Gasteiger charge is 2.24. The molecule has 2 unspecified atom stereocenters. The zero-order valence-corrected chi connectivity index (χ0v) is 10.9. The molecule has 88 valence electrons. The first-order valence-corrected chi connectivity index (χ1v) is 7.53. The number of rotatable bonds is 7. The Labute approximate surface area is 98.4 Å². The number of unbranched alkanes of at least 4 members (excludes halogenated alkanes) is 1. The van der Waals surface area contributed by atoms with Gasteiger partial charge in [-0.2, -0.15) is 11.8 Å². The van der Waals surface area contributed by atoms with Crippen LogP contribution in [0.2, 0.25) is 0 Å². The van der Waals surface area contributed by atoms with Crippen LogP contribution < -0.4 is 0 Å². The normalized spacial score (nSPS) is 22.9. The van der Waals surface area contributed by atoms with Gasteiger partial charge in [0.05, 0.1) is 0 Å². The lowest BCUT2D eigenvalue weighted by molar-refractivity contribution is -0.123. The second-order valence-electron chi connectivity index (χ2n) is 4.65. The van der Waals surface area contributed by atoms with Crippen LogP contribution in [0.15, 0.2) is 0 Å². The number of hydrogen-bond donors (Lipinski definition) is 0. The van der Waals surface area contributed by atoms with Gasteiger partial charge in [-0.1, -0.05) is 39.5 Å². The SMILES string of the molecule is CCCCC(CC)CC(=O)C1CCSC1. The van der Waals surface area contributed by atoms with Crippen molar-refractivity contribution < 1.29 is 4.79 Å². The van der Waals surface area contributed by atoms with Gasteiger partial charge in [0.15, 0.2) is 0 Å². The lowest BCUT2D eigenvalue weighted by Crippen LogP contribution is -2.17. The number of thioether (sulfide) groups is 1. The Hall–Kier alpha value is 0.0200. The summed E-state index contributed by atoms with van der Waals surface area (Å²) in [5, 5.41) is 0. The Morgan fingerprint density at radius 1 is 1.47 bits per heavy atom. The van der Waals surface area contributed by atoms with Crippen LogP contribution >= 0.6 is 11.8 Å². The largest absolute Gasteiger partial charge is 0.299 e. The molecule has 1 fully saturated rings.